The lowest BCUT2D eigenvalue weighted by Gasteiger charge is -2.50. The molecule has 0 aliphatic heterocycles. The molecule has 5 unspecified atom stereocenters. The summed E-state index contributed by atoms with van der Waals surface area (Å²) in [7, 11) is 0. The topological polar surface area (TPSA) is 83.8 Å². The summed E-state index contributed by atoms with van der Waals surface area (Å²) in [5, 5.41) is 19.1. The van der Waals surface area contributed by atoms with Crippen molar-refractivity contribution in [3.05, 3.63) is 39.9 Å². The number of anilines is 1. The van der Waals surface area contributed by atoms with E-state index in [-0.39, 0.29) is 16.7 Å². The maximum Gasteiger partial charge on any atom is 0.226 e. The zero-order chi connectivity index (χ0) is 27.2. The number of carbonyl (C=O) groups excluding carboxylic acids is 1. The number of fused-ring (bicyclic) bond motifs is 5. The van der Waals surface area contributed by atoms with Crippen LogP contribution in [0.15, 0.2) is 23.5 Å². The van der Waals surface area contributed by atoms with Crippen molar-refractivity contribution in [1.82, 2.24) is 4.98 Å². The van der Waals surface area contributed by atoms with Crippen LogP contribution in [0.5, 0.6) is 5.75 Å². The zero-order valence-electron chi connectivity index (χ0n) is 23.8. The number of carbonyl (C=O) groups is 1. The highest BCUT2D eigenvalue weighted by molar-refractivity contribution is 7.15. The van der Waals surface area contributed by atoms with Crippen molar-refractivity contribution in [2.75, 3.05) is 11.9 Å². The van der Waals surface area contributed by atoms with Gasteiger partial charge in [-0.2, -0.15) is 0 Å². The summed E-state index contributed by atoms with van der Waals surface area (Å²) in [5.41, 5.74) is 4.89. The van der Waals surface area contributed by atoms with Crippen molar-refractivity contribution < 1.29 is 14.7 Å². The second-order valence-electron chi connectivity index (χ2n) is 12.9. The number of hydrogen-bond donors (Lipinski definition) is 2. The fraction of sp³-hybridized carbons (Fsp3) is 0.645. The van der Waals surface area contributed by atoms with Crippen molar-refractivity contribution in [3.63, 3.8) is 0 Å². The highest BCUT2D eigenvalue weighted by Gasteiger charge is 2.57. The maximum absolute atomic E-state index is 12.9. The van der Waals surface area contributed by atoms with Crippen LogP contribution in [-0.2, 0) is 21.5 Å². The van der Waals surface area contributed by atoms with Crippen LogP contribution >= 0.6 is 11.3 Å². The van der Waals surface area contributed by atoms with Crippen LogP contribution in [-0.4, -0.2) is 28.3 Å². The van der Waals surface area contributed by atoms with Gasteiger partial charge >= 0.3 is 0 Å². The number of benzene rings is 1. The molecular formula is C31H43N3O3S. The van der Waals surface area contributed by atoms with Gasteiger partial charge in [-0.1, -0.05) is 38.9 Å². The Hall–Kier alpha value is -2.41. The summed E-state index contributed by atoms with van der Waals surface area (Å²) < 4.78 is 0. The normalized spacial score (nSPS) is 29.5. The van der Waals surface area contributed by atoms with Crippen molar-refractivity contribution in [1.29, 1.82) is 0 Å². The van der Waals surface area contributed by atoms with E-state index in [2.05, 4.69) is 49.2 Å². The van der Waals surface area contributed by atoms with Gasteiger partial charge in [-0.3, -0.25) is 4.79 Å². The predicted molar refractivity (Wildman–Crippen MR) is 154 cm³/mol. The van der Waals surface area contributed by atoms with Crippen LogP contribution in [0.2, 0.25) is 0 Å². The Morgan fingerprint density at radius 2 is 2.11 bits per heavy atom. The first-order chi connectivity index (χ1) is 18.0. The SMILES string of the molecule is CCO/N=C1\CC(CCC(=O)Nc2ncc(C)s2)C2C3CCc4cc(O)c(C(C)(C)C)cc4C3CCC12C. The molecule has 1 heterocycles. The Morgan fingerprint density at radius 3 is 2.79 bits per heavy atom. The third kappa shape index (κ3) is 4.99. The van der Waals surface area contributed by atoms with E-state index in [9.17, 15) is 9.90 Å². The van der Waals surface area contributed by atoms with Gasteiger partial charge in [0.15, 0.2) is 5.13 Å². The molecular weight excluding hydrogens is 494 g/mol. The van der Waals surface area contributed by atoms with Crippen molar-refractivity contribution in [3.8, 4) is 5.75 Å². The highest BCUT2D eigenvalue weighted by Crippen LogP contribution is 2.63. The van der Waals surface area contributed by atoms with Gasteiger partial charge in [0.25, 0.3) is 0 Å². The Balaban J connectivity index is 1.42. The third-order valence-corrected chi connectivity index (χ3v) is 10.3. The fourth-order valence-corrected chi connectivity index (χ4v) is 8.43. The maximum atomic E-state index is 12.9. The molecule has 2 fully saturated rings. The third-order valence-electron chi connectivity index (χ3n) is 9.44. The average Bonchev–Trinajstić information content (AvgIpc) is 3.39. The first-order valence-corrected chi connectivity index (χ1v) is 15.1. The van der Waals surface area contributed by atoms with Crippen molar-refractivity contribution in [2.45, 2.75) is 97.8 Å². The van der Waals surface area contributed by atoms with Crippen molar-refractivity contribution >= 4 is 28.1 Å². The summed E-state index contributed by atoms with van der Waals surface area (Å²) in [6.07, 6.45) is 8.37. The number of phenols is 1. The number of rotatable bonds is 6. The van der Waals surface area contributed by atoms with E-state index in [0.29, 0.717) is 47.6 Å². The lowest BCUT2D eigenvalue weighted by Crippen LogP contribution is -2.44. The quantitative estimate of drug-likeness (QED) is 0.377. The molecule has 1 amide bonds. The molecule has 0 bridgehead atoms. The van der Waals surface area contributed by atoms with Gasteiger partial charge < -0.3 is 15.3 Å². The van der Waals surface area contributed by atoms with E-state index in [1.165, 1.54) is 28.2 Å². The molecule has 6 nitrogen and oxygen atoms in total. The lowest BCUT2D eigenvalue weighted by atomic mass is 9.53. The Kier molecular flexibility index (Phi) is 7.36. The van der Waals surface area contributed by atoms with Crippen molar-refractivity contribution in [2.24, 2.45) is 28.3 Å². The van der Waals surface area contributed by atoms with Crippen LogP contribution in [0.3, 0.4) is 0 Å². The largest absolute Gasteiger partial charge is 0.508 e. The van der Waals surface area contributed by atoms with Crippen LogP contribution in [0.4, 0.5) is 5.13 Å². The van der Waals surface area contributed by atoms with Gasteiger partial charge in [0.1, 0.15) is 12.4 Å². The predicted octanol–water partition coefficient (Wildman–Crippen LogP) is 7.35. The first kappa shape index (κ1) is 27.2. The zero-order valence-corrected chi connectivity index (χ0v) is 24.6. The second-order valence-corrected chi connectivity index (χ2v) is 14.1. The van der Waals surface area contributed by atoms with Crippen LogP contribution in [0, 0.1) is 30.1 Å². The van der Waals surface area contributed by atoms with E-state index in [4.69, 9.17) is 4.84 Å². The molecule has 3 aliphatic rings. The van der Waals surface area contributed by atoms with Gasteiger partial charge in [0, 0.05) is 22.9 Å². The summed E-state index contributed by atoms with van der Waals surface area (Å²) >= 11 is 1.52. The number of amides is 1. The van der Waals surface area contributed by atoms with Gasteiger partial charge in [-0.25, -0.2) is 4.98 Å². The fourth-order valence-electron chi connectivity index (χ4n) is 7.75. The van der Waals surface area contributed by atoms with Crippen LogP contribution < -0.4 is 5.32 Å². The van der Waals surface area contributed by atoms with E-state index >= 15 is 0 Å². The minimum absolute atomic E-state index is 0.00514. The molecule has 3 aliphatic carbocycles. The Labute approximate surface area is 231 Å². The molecule has 38 heavy (non-hydrogen) atoms. The molecule has 1 aromatic heterocycles. The molecule has 0 spiro atoms. The molecule has 2 saturated carbocycles. The summed E-state index contributed by atoms with van der Waals surface area (Å²) in [5.74, 6) is 2.37. The number of nitrogens with zero attached hydrogens (tertiary/aromatic N) is 2. The number of aromatic hydroxyl groups is 1. The smallest absolute Gasteiger partial charge is 0.226 e. The molecule has 206 valence electrons. The molecule has 7 heteroatoms. The second kappa shape index (κ2) is 10.3. The number of thiazole rings is 1. The lowest BCUT2D eigenvalue weighted by molar-refractivity contribution is -0.116. The first-order valence-electron chi connectivity index (χ1n) is 14.3. The standard InChI is InChI=1S/C31H43N3O3S/c1-7-37-34-26-15-20(9-11-27(36)33-29-32-17-18(2)38-29)28-22-10-8-19-14-25(35)24(30(3,4)5)16-23(19)21(22)12-13-31(26,28)6/h14,16-17,20-22,28,35H,7-13,15H2,1-6H3,(H,32,33,36)/b34-26+. The van der Waals surface area contributed by atoms with E-state index < -0.39 is 0 Å². The number of aromatic nitrogens is 1. The van der Waals surface area contributed by atoms with Crippen LogP contribution in [0.1, 0.15) is 101 Å². The van der Waals surface area contributed by atoms with Gasteiger partial charge in [0.05, 0.1) is 5.71 Å². The van der Waals surface area contributed by atoms with E-state index in [0.717, 1.165) is 49.0 Å². The van der Waals surface area contributed by atoms with Gasteiger partial charge in [0.2, 0.25) is 5.91 Å². The highest BCUT2D eigenvalue weighted by atomic mass is 32.1. The van der Waals surface area contributed by atoms with E-state index in [1.54, 1.807) is 6.20 Å². The molecule has 1 aromatic carbocycles. The number of hydrogen-bond acceptors (Lipinski definition) is 6. The minimum atomic E-state index is -0.105. The number of nitrogens with one attached hydrogen (secondary N) is 1. The number of aryl methyl sites for hydroxylation is 2. The molecule has 5 rings (SSSR count). The summed E-state index contributed by atoms with van der Waals surface area (Å²) in [4.78, 5) is 23.9. The molecule has 0 radical (unpaired) electrons. The summed E-state index contributed by atoms with van der Waals surface area (Å²) in [6, 6.07) is 4.35. The van der Waals surface area contributed by atoms with Gasteiger partial charge in [-0.05, 0) is 104 Å². The average molecular weight is 538 g/mol. The van der Waals surface area contributed by atoms with Gasteiger partial charge in [-0.15, -0.1) is 11.3 Å². The minimum Gasteiger partial charge on any atom is -0.508 e. The molecule has 2 N–H and O–H groups in total. The number of phenolic OH excluding ortho intramolecular Hbond substituents is 1. The van der Waals surface area contributed by atoms with Crippen LogP contribution in [0.25, 0.3) is 0 Å². The Morgan fingerprint density at radius 1 is 1.32 bits per heavy atom. The molecule has 5 atom stereocenters. The molecule has 2 aromatic rings. The van der Waals surface area contributed by atoms with E-state index in [1.807, 2.05) is 19.9 Å². The number of oxime groups is 1. The Bertz CT molecular complexity index is 1230. The summed E-state index contributed by atoms with van der Waals surface area (Å²) in [6.45, 7) is 13.5. The monoisotopic (exact) mass is 537 g/mol. The molecule has 0 saturated heterocycles.